The first-order valence-corrected chi connectivity index (χ1v) is 11.1. The molecule has 0 spiro atoms. The zero-order valence-electron chi connectivity index (χ0n) is 12.3. The summed E-state index contributed by atoms with van der Waals surface area (Å²) in [6.45, 7) is 0. The number of ether oxygens (including phenoxy) is 2. The molecule has 126 valence electrons. The monoisotopic (exact) mass is 395 g/mol. The van der Waals surface area contributed by atoms with Gasteiger partial charge in [-0.3, -0.25) is 0 Å². The molecule has 0 aliphatic rings. The number of rotatable bonds is 5. The van der Waals surface area contributed by atoms with Crippen LogP contribution >= 0.6 is 22.7 Å². The first-order valence-electron chi connectivity index (χ1n) is 5.98. The van der Waals surface area contributed by atoms with Crippen molar-refractivity contribution in [3.63, 3.8) is 0 Å². The van der Waals surface area contributed by atoms with Gasteiger partial charge in [0.25, 0.3) is 0 Å². The number of carbonyl (C=O) groups is 1. The lowest BCUT2D eigenvalue weighted by atomic mass is 10.3. The largest absolute Gasteiger partial charge is 0.493 e. The Hall–Kier alpha value is -1.43. The van der Waals surface area contributed by atoms with Crippen molar-refractivity contribution in [2.75, 3.05) is 20.5 Å². The number of esters is 1. The van der Waals surface area contributed by atoms with Crippen LogP contribution in [0, 0.1) is 0 Å². The van der Waals surface area contributed by atoms with Crippen LogP contribution in [0.3, 0.4) is 0 Å². The van der Waals surface area contributed by atoms with Crippen molar-refractivity contribution in [3.05, 3.63) is 28.5 Å². The van der Waals surface area contributed by atoms with E-state index in [2.05, 4.69) is 8.50 Å². The van der Waals surface area contributed by atoms with Crippen LogP contribution in [0.4, 0.5) is 0 Å². The minimum absolute atomic E-state index is 0.0208. The summed E-state index contributed by atoms with van der Waals surface area (Å²) in [5.41, 5.74) is -0.0208. The van der Waals surface area contributed by atoms with E-state index in [1.54, 1.807) is 17.5 Å². The number of hydrogen-bond donors (Lipinski definition) is 0. The topological polar surface area (TPSA) is 99.1 Å². The maximum atomic E-state index is 12.6. The molecular weight excluding hydrogens is 382 g/mol. The summed E-state index contributed by atoms with van der Waals surface area (Å²) < 4.78 is 50.7. The fraction of sp³-hybridized carbons (Fsp3) is 0.250. The summed E-state index contributed by atoms with van der Waals surface area (Å²) in [4.78, 5) is 11.6. The average molecular weight is 396 g/mol. The molecule has 2 aromatic heterocycles. The average Bonchev–Trinajstić information content (AvgIpc) is 3.14. The predicted molar refractivity (Wildman–Crippen MR) is 88.5 cm³/mol. The Morgan fingerprint density at radius 1 is 1.22 bits per heavy atom. The number of nitrogens with zero attached hydrogens (tertiary/aromatic N) is 1. The first-order chi connectivity index (χ1) is 10.7. The number of sulfonamides is 1. The van der Waals surface area contributed by atoms with Gasteiger partial charge in [-0.15, -0.1) is 26.4 Å². The zero-order valence-corrected chi connectivity index (χ0v) is 15.6. The van der Waals surface area contributed by atoms with Gasteiger partial charge in [0.2, 0.25) is 0 Å². The molecule has 2 heterocycles. The Bertz CT molecular complexity index is 932. The molecule has 0 amide bonds. The normalized spacial score (nSPS) is 14.0. The summed E-state index contributed by atoms with van der Waals surface area (Å²) >= 11 is 1.91. The Morgan fingerprint density at radius 2 is 1.91 bits per heavy atom. The molecule has 0 aromatic carbocycles. The van der Waals surface area contributed by atoms with Gasteiger partial charge in [0.05, 0.1) is 23.9 Å². The van der Waals surface area contributed by atoms with Crippen molar-refractivity contribution < 1.29 is 26.9 Å². The highest BCUT2D eigenvalue weighted by Crippen LogP contribution is 2.37. The van der Waals surface area contributed by atoms with E-state index < -0.39 is 25.7 Å². The third kappa shape index (κ3) is 3.57. The summed E-state index contributed by atoms with van der Waals surface area (Å²) in [5.74, 6) is -0.887. The number of hydrogen-bond acceptors (Lipinski definition) is 8. The highest BCUT2D eigenvalue weighted by Gasteiger charge is 2.29. The van der Waals surface area contributed by atoms with E-state index in [4.69, 9.17) is 4.74 Å². The minimum Gasteiger partial charge on any atom is -0.493 e. The van der Waals surface area contributed by atoms with Crippen molar-refractivity contribution >= 4 is 48.4 Å². The van der Waals surface area contributed by atoms with Crippen molar-refractivity contribution in [2.45, 2.75) is 8.42 Å². The molecule has 23 heavy (non-hydrogen) atoms. The molecule has 0 saturated heterocycles. The Kier molecular flexibility index (Phi) is 5.14. The van der Waals surface area contributed by atoms with E-state index in [-0.39, 0.29) is 15.5 Å². The molecule has 0 bridgehead atoms. The third-order valence-corrected chi connectivity index (χ3v) is 9.68. The second-order valence-electron chi connectivity index (χ2n) is 4.25. The van der Waals surface area contributed by atoms with Gasteiger partial charge in [-0.2, -0.15) is 8.42 Å². The molecule has 2 aromatic rings. The zero-order chi connectivity index (χ0) is 17.3. The second-order valence-corrected chi connectivity index (χ2v) is 10.6. The number of carbonyl (C=O) groups excluding carboxylic acids is 1. The second kappa shape index (κ2) is 6.59. The molecule has 1 unspecified atom stereocenters. The smallest absolute Gasteiger partial charge is 0.342 e. The van der Waals surface area contributed by atoms with Crippen molar-refractivity contribution in [1.29, 1.82) is 0 Å². The van der Waals surface area contributed by atoms with Crippen LogP contribution in [0.5, 0.6) is 5.75 Å². The lowest BCUT2D eigenvalue weighted by Gasteiger charge is -2.05. The van der Waals surface area contributed by atoms with E-state index in [1.165, 1.54) is 25.9 Å². The quantitative estimate of drug-likeness (QED) is 0.721. The van der Waals surface area contributed by atoms with Crippen LogP contribution in [0.1, 0.15) is 10.4 Å². The summed E-state index contributed by atoms with van der Waals surface area (Å²) in [5, 5.41) is 2.98. The van der Waals surface area contributed by atoms with E-state index in [1.807, 2.05) is 0 Å². The standard InChI is InChI=1S/C12H13NO6S4/c1-18-10-8(11(14)19-2)7-21-12(10)23(16,17)13-22(3,15)9-5-4-6-20-9/h4-7H,1-3H3. The Labute approximate surface area is 142 Å². The van der Waals surface area contributed by atoms with Gasteiger partial charge in [-0.05, 0) is 11.4 Å². The van der Waals surface area contributed by atoms with Gasteiger partial charge in [-0.1, -0.05) is 6.07 Å². The number of methoxy groups -OCH3 is 2. The van der Waals surface area contributed by atoms with E-state index in [9.17, 15) is 17.4 Å². The number of thiophene rings is 2. The summed E-state index contributed by atoms with van der Waals surface area (Å²) in [6.07, 6.45) is 1.25. The molecule has 0 aliphatic carbocycles. The molecule has 0 saturated carbocycles. The minimum atomic E-state index is -4.27. The van der Waals surface area contributed by atoms with E-state index >= 15 is 0 Å². The van der Waals surface area contributed by atoms with Crippen LogP contribution in [-0.4, -0.2) is 39.1 Å². The van der Waals surface area contributed by atoms with Gasteiger partial charge in [0.15, 0.2) is 9.96 Å². The van der Waals surface area contributed by atoms with Gasteiger partial charge in [0.1, 0.15) is 9.77 Å². The molecule has 0 N–H and O–H groups in total. The van der Waals surface area contributed by atoms with Gasteiger partial charge in [0, 0.05) is 11.6 Å². The molecule has 2 rings (SSSR count). The van der Waals surface area contributed by atoms with Crippen LogP contribution in [0.2, 0.25) is 0 Å². The molecule has 11 heteroatoms. The highest BCUT2D eigenvalue weighted by atomic mass is 32.3. The first kappa shape index (κ1) is 17.9. The predicted octanol–water partition coefficient (Wildman–Crippen LogP) is 2.45. The molecule has 0 aliphatic heterocycles. The Balaban J connectivity index is 2.60. The van der Waals surface area contributed by atoms with Crippen molar-refractivity contribution in [2.24, 2.45) is 3.77 Å². The van der Waals surface area contributed by atoms with Crippen LogP contribution in [-0.2, 0) is 24.5 Å². The molecule has 0 radical (unpaired) electrons. The summed E-state index contributed by atoms with van der Waals surface area (Å²) in [7, 11) is -4.98. The SMILES string of the molecule is COC(=O)c1csc(S(=O)(=O)N=S(C)(=O)c2cccs2)c1OC. The van der Waals surface area contributed by atoms with E-state index in [0.29, 0.717) is 4.21 Å². The fourth-order valence-electron chi connectivity index (χ4n) is 1.69. The maximum Gasteiger partial charge on any atom is 0.342 e. The van der Waals surface area contributed by atoms with E-state index in [0.717, 1.165) is 22.7 Å². The van der Waals surface area contributed by atoms with Crippen LogP contribution in [0.25, 0.3) is 0 Å². The molecular formula is C12H13NO6S4. The highest BCUT2D eigenvalue weighted by molar-refractivity contribution is 8.04. The van der Waals surface area contributed by atoms with Gasteiger partial charge in [-0.25, -0.2) is 9.00 Å². The molecule has 0 fully saturated rings. The molecule has 7 nitrogen and oxygen atoms in total. The van der Waals surface area contributed by atoms with Crippen LogP contribution < -0.4 is 4.74 Å². The molecule has 1 atom stereocenters. The Morgan fingerprint density at radius 3 is 2.43 bits per heavy atom. The lowest BCUT2D eigenvalue weighted by molar-refractivity contribution is 0.0597. The fourth-order valence-corrected chi connectivity index (χ4v) is 7.75. The van der Waals surface area contributed by atoms with Gasteiger partial charge < -0.3 is 9.47 Å². The third-order valence-electron chi connectivity index (χ3n) is 2.67. The van der Waals surface area contributed by atoms with Crippen molar-refractivity contribution in [3.8, 4) is 5.75 Å². The van der Waals surface area contributed by atoms with Gasteiger partial charge >= 0.3 is 16.0 Å². The van der Waals surface area contributed by atoms with Crippen molar-refractivity contribution in [1.82, 2.24) is 0 Å². The summed E-state index contributed by atoms with van der Waals surface area (Å²) in [6, 6.07) is 3.21. The lowest BCUT2D eigenvalue weighted by Crippen LogP contribution is -2.06. The maximum absolute atomic E-state index is 12.6. The van der Waals surface area contributed by atoms with Crippen LogP contribution in [0.15, 0.2) is 35.1 Å².